The molecule has 0 saturated carbocycles. The van der Waals surface area contributed by atoms with E-state index in [9.17, 15) is 22.9 Å². The first-order valence-corrected chi connectivity index (χ1v) is 10.9. The van der Waals surface area contributed by atoms with Crippen LogP contribution in [0.3, 0.4) is 0 Å². The SMILES string of the molecule is CC(=O)c1ccc(N2CCN(S(=O)(=O)Cc3ccc(Cl)cc3C#N)CC2)c(F)c1. The molecule has 0 amide bonds. The zero-order valence-electron chi connectivity index (χ0n) is 15.7. The van der Waals surface area contributed by atoms with Gasteiger partial charge in [0.2, 0.25) is 10.0 Å². The van der Waals surface area contributed by atoms with E-state index >= 15 is 0 Å². The van der Waals surface area contributed by atoms with E-state index in [0.717, 1.165) is 0 Å². The lowest BCUT2D eigenvalue weighted by molar-refractivity contribution is 0.101. The Hall–Kier alpha value is -2.47. The van der Waals surface area contributed by atoms with Crippen molar-refractivity contribution >= 4 is 33.1 Å². The van der Waals surface area contributed by atoms with Crippen molar-refractivity contribution in [2.75, 3.05) is 31.1 Å². The van der Waals surface area contributed by atoms with Crippen molar-refractivity contribution in [1.29, 1.82) is 5.26 Å². The van der Waals surface area contributed by atoms with Crippen LogP contribution < -0.4 is 4.90 Å². The van der Waals surface area contributed by atoms with Gasteiger partial charge in [0.25, 0.3) is 0 Å². The molecule has 1 saturated heterocycles. The second-order valence-electron chi connectivity index (χ2n) is 6.78. The highest BCUT2D eigenvalue weighted by Gasteiger charge is 2.29. The summed E-state index contributed by atoms with van der Waals surface area (Å²) in [6.07, 6.45) is 0. The fraction of sp³-hybridized carbons (Fsp3) is 0.300. The van der Waals surface area contributed by atoms with Gasteiger partial charge in [-0.1, -0.05) is 17.7 Å². The molecule has 3 rings (SSSR count). The van der Waals surface area contributed by atoms with Crippen molar-refractivity contribution < 1.29 is 17.6 Å². The van der Waals surface area contributed by atoms with Crippen LogP contribution in [0.15, 0.2) is 36.4 Å². The topological polar surface area (TPSA) is 81.5 Å². The van der Waals surface area contributed by atoms with Gasteiger partial charge in [0.1, 0.15) is 5.82 Å². The minimum absolute atomic E-state index is 0.200. The van der Waals surface area contributed by atoms with Gasteiger partial charge in [-0.3, -0.25) is 4.79 Å². The summed E-state index contributed by atoms with van der Waals surface area (Å²) in [5, 5.41) is 9.58. The quantitative estimate of drug-likeness (QED) is 0.673. The van der Waals surface area contributed by atoms with Gasteiger partial charge in [-0.15, -0.1) is 0 Å². The number of nitrogens with zero attached hydrogens (tertiary/aromatic N) is 3. The lowest BCUT2D eigenvalue weighted by atomic mass is 10.1. The van der Waals surface area contributed by atoms with Crippen molar-refractivity contribution in [2.24, 2.45) is 0 Å². The third kappa shape index (κ3) is 4.75. The molecule has 0 radical (unpaired) electrons. The Morgan fingerprint density at radius 3 is 2.45 bits per heavy atom. The highest BCUT2D eigenvalue weighted by atomic mass is 35.5. The number of Topliss-reactive ketones (excluding diaryl/α,β-unsaturated/α-hetero) is 1. The summed E-state index contributed by atoms with van der Waals surface area (Å²) >= 11 is 5.86. The van der Waals surface area contributed by atoms with Gasteiger partial charge in [-0.05, 0) is 42.8 Å². The highest BCUT2D eigenvalue weighted by Crippen LogP contribution is 2.24. The standard InChI is InChI=1S/C20H19ClFN3O3S/c1-14(26)15-3-5-20(19(22)11-15)24-6-8-25(9-7-24)29(27,28)13-16-2-4-18(21)10-17(16)12-23/h2-5,10-11H,6-9,13H2,1H3. The Labute approximate surface area is 174 Å². The van der Waals surface area contributed by atoms with E-state index in [-0.39, 0.29) is 30.2 Å². The Kier molecular flexibility index (Phi) is 6.22. The third-order valence-electron chi connectivity index (χ3n) is 4.86. The molecule has 0 unspecified atom stereocenters. The van der Waals surface area contributed by atoms with Crippen LogP contribution >= 0.6 is 11.6 Å². The van der Waals surface area contributed by atoms with E-state index in [1.807, 2.05) is 6.07 Å². The molecule has 0 aliphatic carbocycles. The number of carbonyl (C=O) groups excluding carboxylic acids is 1. The summed E-state index contributed by atoms with van der Waals surface area (Å²) < 4.78 is 41.3. The van der Waals surface area contributed by atoms with Crippen molar-refractivity contribution in [3.8, 4) is 6.07 Å². The van der Waals surface area contributed by atoms with E-state index in [1.54, 1.807) is 29.2 Å². The third-order valence-corrected chi connectivity index (χ3v) is 6.92. The first-order valence-electron chi connectivity index (χ1n) is 8.93. The van der Waals surface area contributed by atoms with Crippen LogP contribution in [0.2, 0.25) is 5.02 Å². The molecule has 2 aromatic rings. The minimum Gasteiger partial charge on any atom is -0.367 e. The average molecular weight is 436 g/mol. The summed E-state index contributed by atoms with van der Waals surface area (Å²) in [6.45, 7) is 2.41. The van der Waals surface area contributed by atoms with E-state index in [2.05, 4.69) is 0 Å². The molecule has 2 aromatic carbocycles. The van der Waals surface area contributed by atoms with Gasteiger partial charge < -0.3 is 4.90 Å². The summed E-state index contributed by atoms with van der Waals surface area (Å²) in [4.78, 5) is 13.1. The minimum atomic E-state index is -3.64. The van der Waals surface area contributed by atoms with Crippen molar-refractivity contribution in [3.05, 3.63) is 63.9 Å². The lowest BCUT2D eigenvalue weighted by Crippen LogP contribution is -2.49. The Morgan fingerprint density at radius 1 is 1.17 bits per heavy atom. The number of nitriles is 1. The maximum Gasteiger partial charge on any atom is 0.218 e. The molecular formula is C20H19ClFN3O3S. The Balaban J connectivity index is 1.70. The number of rotatable bonds is 5. The summed E-state index contributed by atoms with van der Waals surface area (Å²) in [5.74, 6) is -1.02. The van der Waals surface area contributed by atoms with Gasteiger partial charge in [0.05, 0.1) is 23.1 Å². The fourth-order valence-corrected chi connectivity index (χ4v) is 4.98. The van der Waals surface area contributed by atoms with Gasteiger partial charge in [-0.25, -0.2) is 12.8 Å². The van der Waals surface area contributed by atoms with Crippen LogP contribution in [0, 0.1) is 17.1 Å². The summed E-state index contributed by atoms with van der Waals surface area (Å²) in [5.41, 5.74) is 1.26. The number of halogens is 2. The highest BCUT2D eigenvalue weighted by molar-refractivity contribution is 7.88. The maximum absolute atomic E-state index is 14.4. The van der Waals surface area contributed by atoms with Gasteiger partial charge in [0, 0.05) is 36.8 Å². The fourth-order valence-electron chi connectivity index (χ4n) is 3.26. The molecule has 9 heteroatoms. The molecule has 29 heavy (non-hydrogen) atoms. The Morgan fingerprint density at radius 2 is 1.86 bits per heavy atom. The molecule has 6 nitrogen and oxygen atoms in total. The maximum atomic E-state index is 14.4. The van der Waals surface area contributed by atoms with Gasteiger partial charge in [0.15, 0.2) is 5.78 Å². The largest absolute Gasteiger partial charge is 0.367 e. The van der Waals surface area contributed by atoms with E-state index in [4.69, 9.17) is 11.6 Å². The second-order valence-corrected chi connectivity index (χ2v) is 9.18. The zero-order valence-corrected chi connectivity index (χ0v) is 17.3. The lowest BCUT2D eigenvalue weighted by Gasteiger charge is -2.35. The van der Waals surface area contributed by atoms with E-state index < -0.39 is 15.8 Å². The molecule has 1 aliphatic heterocycles. The first kappa shape index (κ1) is 21.2. The first-order chi connectivity index (χ1) is 13.7. The molecule has 1 aliphatic rings. The summed E-state index contributed by atoms with van der Waals surface area (Å²) in [7, 11) is -3.64. The number of piperazine rings is 1. The predicted octanol–water partition coefficient (Wildman–Crippen LogP) is 3.21. The molecule has 0 atom stereocenters. The molecule has 0 aromatic heterocycles. The van der Waals surface area contributed by atoms with Gasteiger partial charge >= 0.3 is 0 Å². The molecule has 1 fully saturated rings. The molecule has 152 valence electrons. The molecule has 0 bridgehead atoms. The van der Waals surface area contributed by atoms with Gasteiger partial charge in [-0.2, -0.15) is 9.57 Å². The van der Waals surface area contributed by atoms with Crippen LogP contribution in [0.5, 0.6) is 0 Å². The molecule has 0 N–H and O–H groups in total. The Bertz CT molecular complexity index is 1090. The zero-order chi connectivity index (χ0) is 21.2. The number of hydrogen-bond donors (Lipinski definition) is 0. The molecule has 1 heterocycles. The smallest absolute Gasteiger partial charge is 0.218 e. The van der Waals surface area contributed by atoms with Crippen LogP contribution in [-0.4, -0.2) is 44.7 Å². The average Bonchev–Trinajstić information content (AvgIpc) is 2.69. The number of ketones is 1. The van der Waals surface area contributed by atoms with Crippen molar-refractivity contribution in [1.82, 2.24) is 4.31 Å². The van der Waals surface area contributed by atoms with Crippen LogP contribution in [-0.2, 0) is 15.8 Å². The van der Waals surface area contributed by atoms with Crippen LogP contribution in [0.25, 0.3) is 0 Å². The van der Waals surface area contributed by atoms with Crippen molar-refractivity contribution in [2.45, 2.75) is 12.7 Å². The molecular weight excluding hydrogens is 417 g/mol. The number of benzene rings is 2. The van der Waals surface area contributed by atoms with E-state index in [0.29, 0.717) is 34.9 Å². The number of sulfonamides is 1. The number of hydrogen-bond acceptors (Lipinski definition) is 5. The monoisotopic (exact) mass is 435 g/mol. The van der Waals surface area contributed by atoms with Crippen LogP contribution in [0.4, 0.5) is 10.1 Å². The molecule has 0 spiro atoms. The normalized spacial score (nSPS) is 15.2. The summed E-state index contributed by atoms with van der Waals surface area (Å²) in [6, 6.07) is 10.8. The predicted molar refractivity (Wildman–Crippen MR) is 109 cm³/mol. The number of carbonyl (C=O) groups is 1. The van der Waals surface area contributed by atoms with Crippen LogP contribution in [0.1, 0.15) is 28.4 Å². The van der Waals surface area contributed by atoms with E-state index in [1.165, 1.54) is 23.4 Å². The van der Waals surface area contributed by atoms with Crippen molar-refractivity contribution in [3.63, 3.8) is 0 Å². The second kappa shape index (κ2) is 8.49. The number of anilines is 1.